The van der Waals surface area contributed by atoms with Gasteiger partial charge in [0, 0.05) is 23.9 Å². The summed E-state index contributed by atoms with van der Waals surface area (Å²) < 4.78 is 152. The van der Waals surface area contributed by atoms with Crippen LogP contribution in [-0.2, 0) is 19.1 Å². The van der Waals surface area contributed by atoms with E-state index in [-0.39, 0.29) is 29.2 Å². The van der Waals surface area contributed by atoms with Crippen molar-refractivity contribution in [3.05, 3.63) is 89.5 Å². The first kappa shape index (κ1) is 31.8. The number of halogens is 11. The van der Waals surface area contributed by atoms with Crippen molar-refractivity contribution in [2.24, 2.45) is 0 Å². The molecule has 224 valence electrons. The number of alkyl halides is 11. The fourth-order valence-electron chi connectivity index (χ4n) is 3.59. The largest absolute Gasteiger partial charge is 0.573 e. The summed E-state index contributed by atoms with van der Waals surface area (Å²) in [5.41, 5.74) is -1.43. The summed E-state index contributed by atoms with van der Waals surface area (Å²) in [5, 5.41) is 9.66. The number of ether oxygens (including phenoxy) is 2. The van der Waals surface area contributed by atoms with E-state index >= 15 is 0 Å². The second kappa shape index (κ2) is 12.0. The Bertz CT molecular complexity index is 1310. The van der Waals surface area contributed by atoms with E-state index in [1.165, 1.54) is 36.4 Å². The van der Waals surface area contributed by atoms with Gasteiger partial charge in [0.05, 0.1) is 6.54 Å². The Kier molecular flexibility index (Phi) is 9.30. The van der Waals surface area contributed by atoms with Crippen molar-refractivity contribution in [1.82, 2.24) is 0 Å². The van der Waals surface area contributed by atoms with E-state index in [1.807, 2.05) is 0 Å². The van der Waals surface area contributed by atoms with E-state index in [2.05, 4.69) is 4.74 Å². The van der Waals surface area contributed by atoms with Crippen molar-refractivity contribution in [3.8, 4) is 11.5 Å². The van der Waals surface area contributed by atoms with Crippen LogP contribution in [-0.4, -0.2) is 36.5 Å². The average molecular weight is 603 g/mol. The van der Waals surface area contributed by atoms with Gasteiger partial charge in [0.1, 0.15) is 18.1 Å². The molecule has 0 radical (unpaired) electrons. The first-order valence-electron chi connectivity index (χ1n) is 11.5. The fourth-order valence-corrected chi connectivity index (χ4v) is 3.59. The maximum atomic E-state index is 13.8. The van der Waals surface area contributed by atoms with Gasteiger partial charge in [-0.05, 0) is 41.5 Å². The van der Waals surface area contributed by atoms with Crippen molar-refractivity contribution in [3.63, 3.8) is 0 Å². The molecule has 0 amide bonds. The van der Waals surface area contributed by atoms with Crippen LogP contribution in [0.2, 0.25) is 0 Å². The van der Waals surface area contributed by atoms with Gasteiger partial charge in [-0.15, -0.1) is 13.2 Å². The molecule has 41 heavy (non-hydrogen) atoms. The Hall–Kier alpha value is -3.75. The van der Waals surface area contributed by atoms with Crippen molar-refractivity contribution in [2.45, 2.75) is 43.9 Å². The molecule has 15 heteroatoms. The lowest BCUT2D eigenvalue weighted by atomic mass is 10.0. The highest BCUT2D eigenvalue weighted by molar-refractivity contribution is 5.51. The molecule has 1 unspecified atom stereocenters. The quantitative estimate of drug-likeness (QED) is 0.241. The molecule has 0 spiro atoms. The second-order valence-electron chi connectivity index (χ2n) is 8.69. The molecule has 0 saturated carbocycles. The number of benzene rings is 3. The van der Waals surface area contributed by atoms with Crippen LogP contribution in [0.15, 0.2) is 72.8 Å². The molecule has 0 aromatic heterocycles. The number of aliphatic hydroxyl groups is 1. The van der Waals surface area contributed by atoms with Crippen LogP contribution in [0.25, 0.3) is 0 Å². The highest BCUT2D eigenvalue weighted by atomic mass is 19.4. The van der Waals surface area contributed by atoms with Gasteiger partial charge in [-0.2, -0.15) is 35.1 Å². The van der Waals surface area contributed by atoms with Crippen molar-refractivity contribution in [2.75, 3.05) is 11.4 Å². The summed E-state index contributed by atoms with van der Waals surface area (Å²) in [6.45, 7) is -2.03. The minimum Gasteiger partial charge on any atom is -0.489 e. The third-order valence-corrected chi connectivity index (χ3v) is 5.51. The van der Waals surface area contributed by atoms with Crippen LogP contribution in [0.1, 0.15) is 16.7 Å². The predicted octanol–water partition coefficient (Wildman–Crippen LogP) is 7.75. The van der Waals surface area contributed by atoms with Gasteiger partial charge in [0.2, 0.25) is 0 Å². The normalized spacial score (nSPS) is 13.6. The molecule has 0 heterocycles. The monoisotopic (exact) mass is 603 g/mol. The van der Waals surface area contributed by atoms with Gasteiger partial charge in [0.15, 0.2) is 6.10 Å². The molecule has 0 aliphatic rings. The molecule has 3 aromatic rings. The third kappa shape index (κ3) is 8.87. The summed E-state index contributed by atoms with van der Waals surface area (Å²) in [7, 11) is 0. The van der Waals surface area contributed by atoms with Crippen LogP contribution in [0.5, 0.6) is 11.5 Å². The Morgan fingerprint density at radius 1 is 0.707 bits per heavy atom. The lowest BCUT2D eigenvalue weighted by Gasteiger charge is -2.29. The van der Waals surface area contributed by atoms with Gasteiger partial charge in [-0.25, -0.2) is 0 Å². The number of nitrogens with zero attached hydrogens (tertiary/aromatic N) is 1. The van der Waals surface area contributed by atoms with E-state index in [0.717, 1.165) is 29.2 Å². The SMILES string of the molecule is OC(CN(Cc1cccc(C(F)(F)C(F)(F)F)c1)c1cccc(OCc2cccc(OC(F)(F)F)c2)c1)C(F)(F)F. The van der Waals surface area contributed by atoms with E-state index in [1.54, 1.807) is 0 Å². The van der Waals surface area contributed by atoms with E-state index in [9.17, 15) is 53.4 Å². The maximum Gasteiger partial charge on any atom is 0.573 e. The van der Waals surface area contributed by atoms with E-state index < -0.39 is 55.1 Å². The third-order valence-electron chi connectivity index (χ3n) is 5.51. The van der Waals surface area contributed by atoms with Crippen LogP contribution in [0, 0.1) is 0 Å². The molecule has 0 aliphatic carbocycles. The lowest BCUT2D eigenvalue weighted by Crippen LogP contribution is -2.41. The number of hydrogen-bond donors (Lipinski definition) is 1. The smallest absolute Gasteiger partial charge is 0.489 e. The highest BCUT2D eigenvalue weighted by Crippen LogP contribution is 2.44. The predicted molar refractivity (Wildman–Crippen MR) is 123 cm³/mol. The van der Waals surface area contributed by atoms with Gasteiger partial charge in [-0.1, -0.05) is 36.4 Å². The zero-order chi connectivity index (χ0) is 30.6. The average Bonchev–Trinajstić information content (AvgIpc) is 2.85. The first-order valence-corrected chi connectivity index (χ1v) is 11.5. The van der Waals surface area contributed by atoms with E-state index in [0.29, 0.717) is 12.1 Å². The minimum atomic E-state index is -5.91. The van der Waals surface area contributed by atoms with Crippen LogP contribution in [0.3, 0.4) is 0 Å². The number of hydrogen-bond acceptors (Lipinski definition) is 4. The molecule has 3 rings (SSSR count). The van der Waals surface area contributed by atoms with Gasteiger partial charge in [0.25, 0.3) is 0 Å². The Morgan fingerprint density at radius 2 is 1.32 bits per heavy atom. The van der Waals surface area contributed by atoms with Gasteiger partial charge < -0.3 is 19.5 Å². The number of anilines is 1. The molecule has 1 N–H and O–H groups in total. The van der Waals surface area contributed by atoms with Crippen LogP contribution in [0.4, 0.5) is 54.0 Å². The van der Waals surface area contributed by atoms with Gasteiger partial charge in [-0.3, -0.25) is 0 Å². The topological polar surface area (TPSA) is 41.9 Å². The summed E-state index contributed by atoms with van der Waals surface area (Å²) in [6, 6.07) is 13.0. The summed E-state index contributed by atoms with van der Waals surface area (Å²) >= 11 is 0. The highest BCUT2D eigenvalue weighted by Gasteiger charge is 2.58. The minimum absolute atomic E-state index is 0.0218. The number of aliphatic hydroxyl groups excluding tert-OH is 1. The van der Waals surface area contributed by atoms with Crippen molar-refractivity contribution >= 4 is 5.69 Å². The molecular weight excluding hydrogens is 583 g/mol. The molecule has 0 saturated heterocycles. The number of rotatable bonds is 10. The zero-order valence-corrected chi connectivity index (χ0v) is 20.5. The molecule has 3 aromatic carbocycles. The Balaban J connectivity index is 1.86. The molecule has 0 aliphatic heterocycles. The van der Waals surface area contributed by atoms with Crippen molar-refractivity contribution < 1.29 is 62.9 Å². The summed E-state index contributed by atoms with van der Waals surface area (Å²) in [4.78, 5) is 0.896. The zero-order valence-electron chi connectivity index (χ0n) is 20.5. The second-order valence-corrected chi connectivity index (χ2v) is 8.69. The van der Waals surface area contributed by atoms with Crippen molar-refractivity contribution in [1.29, 1.82) is 0 Å². The summed E-state index contributed by atoms with van der Waals surface area (Å²) in [6.07, 6.45) is -18.8. The fraction of sp³-hybridized carbons (Fsp3) is 0.308. The Morgan fingerprint density at radius 3 is 1.95 bits per heavy atom. The molecule has 0 fully saturated rings. The van der Waals surface area contributed by atoms with Crippen LogP contribution >= 0.6 is 0 Å². The first-order chi connectivity index (χ1) is 18.8. The van der Waals surface area contributed by atoms with E-state index in [4.69, 9.17) is 4.74 Å². The standard InChI is InChI=1S/C26H20F11NO3/c27-23(28,25(32,33)34)18-6-1-4-16(10-18)13-38(14-22(39)24(29,30)31)19-7-3-8-20(12-19)40-15-17-5-2-9-21(11-17)41-26(35,36)37/h1-12,22,39H,13-15H2. The molecule has 4 nitrogen and oxygen atoms in total. The van der Waals surface area contributed by atoms with Gasteiger partial charge >= 0.3 is 24.6 Å². The Labute approximate surface area is 225 Å². The lowest BCUT2D eigenvalue weighted by molar-refractivity contribution is -0.289. The molecular formula is C26H20F11NO3. The molecule has 0 bridgehead atoms. The summed E-state index contributed by atoms with van der Waals surface area (Å²) in [5.74, 6) is -5.72. The molecule has 1 atom stereocenters. The van der Waals surface area contributed by atoms with Crippen LogP contribution < -0.4 is 14.4 Å². The maximum absolute atomic E-state index is 13.8.